The van der Waals surface area contributed by atoms with E-state index in [0.717, 1.165) is 54.0 Å². The molecule has 5 rings (SSSR count). The zero-order chi connectivity index (χ0) is 23.5. The number of phenolic OH excluding ortho intramolecular Hbond substituents is 1. The molecule has 0 radical (unpaired) electrons. The van der Waals surface area contributed by atoms with Crippen molar-refractivity contribution in [2.45, 2.75) is 28.8 Å². The first kappa shape index (κ1) is 22.4. The van der Waals surface area contributed by atoms with Crippen molar-refractivity contribution in [2.24, 2.45) is 0 Å². The van der Waals surface area contributed by atoms with Gasteiger partial charge in [0.25, 0.3) is 0 Å². The fourth-order valence-corrected chi connectivity index (χ4v) is 5.07. The highest BCUT2D eigenvalue weighted by atomic mass is 32.2. The van der Waals surface area contributed by atoms with Crippen molar-refractivity contribution in [1.29, 1.82) is 0 Å². The van der Waals surface area contributed by atoms with E-state index in [2.05, 4.69) is 76.2 Å². The Balaban J connectivity index is 1.44. The zero-order valence-corrected chi connectivity index (χ0v) is 20.4. The molecular weight excluding hydrogens is 460 g/mol. The summed E-state index contributed by atoms with van der Waals surface area (Å²) >= 11 is 3.31. The molecule has 0 bridgehead atoms. The van der Waals surface area contributed by atoms with Gasteiger partial charge in [-0.15, -0.1) is 0 Å². The van der Waals surface area contributed by atoms with Gasteiger partial charge in [-0.3, -0.25) is 0 Å². The van der Waals surface area contributed by atoms with Gasteiger partial charge in [0.2, 0.25) is 0 Å². The Morgan fingerprint density at radius 2 is 1.53 bits per heavy atom. The summed E-state index contributed by atoms with van der Waals surface area (Å²) in [4.78, 5) is 20.3. The predicted molar refractivity (Wildman–Crippen MR) is 139 cm³/mol. The van der Waals surface area contributed by atoms with E-state index in [1.54, 1.807) is 42.0 Å². The summed E-state index contributed by atoms with van der Waals surface area (Å²) in [5.41, 5.74) is 5.89. The summed E-state index contributed by atoms with van der Waals surface area (Å²) in [7, 11) is 0. The normalized spacial score (nSPS) is 11.1. The van der Waals surface area contributed by atoms with Crippen LogP contribution in [0.3, 0.4) is 0 Å². The first-order valence-electron chi connectivity index (χ1n) is 10.9. The van der Waals surface area contributed by atoms with E-state index in [1.165, 1.54) is 0 Å². The third kappa shape index (κ3) is 4.76. The lowest BCUT2D eigenvalue weighted by Gasteiger charge is -2.11. The molecule has 0 spiro atoms. The van der Waals surface area contributed by atoms with Crippen molar-refractivity contribution < 1.29 is 5.11 Å². The fourth-order valence-electron chi connectivity index (χ4n) is 3.67. The summed E-state index contributed by atoms with van der Waals surface area (Å²) in [6.07, 6.45) is 3.41. The summed E-state index contributed by atoms with van der Waals surface area (Å²) in [6, 6.07) is 22.1. The first-order chi connectivity index (χ1) is 16.6. The maximum atomic E-state index is 9.51. The monoisotopic (exact) mass is 482 g/mol. The molecule has 7 heteroatoms. The van der Waals surface area contributed by atoms with Crippen LogP contribution in [0.25, 0.3) is 33.4 Å². The number of hydrogen-bond donors (Lipinski definition) is 1. The van der Waals surface area contributed by atoms with Crippen molar-refractivity contribution in [3.05, 3.63) is 84.8 Å². The molecule has 0 saturated heterocycles. The van der Waals surface area contributed by atoms with Gasteiger partial charge in [0, 0.05) is 21.6 Å². The summed E-state index contributed by atoms with van der Waals surface area (Å²) in [6.45, 7) is 4.17. The number of fused-ring (bicyclic) bond motifs is 1. The second kappa shape index (κ2) is 9.83. The number of aromatic nitrogens is 4. The standard InChI is InChI=1S/C27H22N4OS2/c1-3-33-27-28-15-24-25(29-16-30-26(24)31-27)23-14-22(11-4-17(23)2)34-21-12-7-19(8-13-21)18-5-9-20(32)10-6-18/h4-16,32H,3H2,1-2H3. The average molecular weight is 483 g/mol. The van der Waals surface area contributed by atoms with Crippen molar-refractivity contribution in [3.8, 4) is 28.1 Å². The van der Waals surface area contributed by atoms with Crippen LogP contribution in [0.15, 0.2) is 94.2 Å². The van der Waals surface area contributed by atoms with Gasteiger partial charge >= 0.3 is 0 Å². The van der Waals surface area contributed by atoms with E-state index in [4.69, 9.17) is 0 Å². The number of aryl methyl sites for hydroxylation is 1. The van der Waals surface area contributed by atoms with Gasteiger partial charge in [-0.2, -0.15) is 0 Å². The van der Waals surface area contributed by atoms with Gasteiger partial charge in [0.1, 0.15) is 12.1 Å². The zero-order valence-electron chi connectivity index (χ0n) is 18.8. The molecule has 3 aromatic carbocycles. The van der Waals surface area contributed by atoms with Gasteiger partial charge in [-0.1, -0.05) is 60.8 Å². The lowest BCUT2D eigenvalue weighted by atomic mass is 10.0. The van der Waals surface area contributed by atoms with E-state index in [1.807, 2.05) is 18.3 Å². The molecule has 2 heterocycles. The summed E-state index contributed by atoms with van der Waals surface area (Å²) < 4.78 is 0. The lowest BCUT2D eigenvalue weighted by molar-refractivity contribution is 0.475. The third-order valence-electron chi connectivity index (χ3n) is 5.40. The Morgan fingerprint density at radius 1 is 0.824 bits per heavy atom. The largest absolute Gasteiger partial charge is 0.508 e. The number of nitrogens with zero attached hydrogens (tertiary/aromatic N) is 4. The minimum Gasteiger partial charge on any atom is -0.508 e. The number of rotatable bonds is 6. The van der Waals surface area contributed by atoms with E-state index < -0.39 is 0 Å². The Morgan fingerprint density at radius 3 is 2.26 bits per heavy atom. The number of phenols is 1. The number of aromatic hydroxyl groups is 1. The van der Waals surface area contributed by atoms with Crippen LogP contribution in [0.2, 0.25) is 0 Å². The molecule has 0 aliphatic rings. The minimum absolute atomic E-state index is 0.273. The predicted octanol–water partition coefficient (Wildman–Crippen LogP) is 7.03. The average Bonchev–Trinajstić information content (AvgIpc) is 2.86. The van der Waals surface area contributed by atoms with Crippen molar-refractivity contribution in [2.75, 3.05) is 5.75 Å². The van der Waals surface area contributed by atoms with Crippen LogP contribution < -0.4 is 0 Å². The van der Waals surface area contributed by atoms with Crippen molar-refractivity contribution >= 4 is 34.6 Å². The molecule has 0 aliphatic heterocycles. The number of benzene rings is 3. The molecule has 5 aromatic rings. The highest BCUT2D eigenvalue weighted by molar-refractivity contribution is 7.99. The fraction of sp³-hybridized carbons (Fsp3) is 0.111. The van der Waals surface area contributed by atoms with E-state index in [0.29, 0.717) is 5.65 Å². The molecular formula is C27H22N4OS2. The summed E-state index contributed by atoms with van der Waals surface area (Å²) in [5, 5.41) is 11.1. The molecule has 0 atom stereocenters. The molecule has 0 unspecified atom stereocenters. The molecule has 0 fully saturated rings. The van der Waals surface area contributed by atoms with Crippen LogP contribution in [-0.2, 0) is 0 Å². The van der Waals surface area contributed by atoms with Crippen LogP contribution in [0.5, 0.6) is 5.75 Å². The van der Waals surface area contributed by atoms with Crippen LogP contribution in [0.4, 0.5) is 0 Å². The Labute approximate surface area is 206 Å². The Kier molecular flexibility index (Phi) is 6.47. The molecule has 0 aliphatic carbocycles. The summed E-state index contributed by atoms with van der Waals surface area (Å²) in [5.74, 6) is 1.19. The highest BCUT2D eigenvalue weighted by Gasteiger charge is 2.13. The van der Waals surface area contributed by atoms with Gasteiger partial charge in [-0.05, 0) is 65.8 Å². The number of hydrogen-bond acceptors (Lipinski definition) is 7. The van der Waals surface area contributed by atoms with Gasteiger partial charge in [0.05, 0.1) is 11.1 Å². The lowest BCUT2D eigenvalue weighted by Crippen LogP contribution is -1.96. The molecule has 0 saturated carbocycles. The maximum absolute atomic E-state index is 9.51. The van der Waals surface area contributed by atoms with E-state index in [9.17, 15) is 5.11 Å². The van der Waals surface area contributed by atoms with Crippen LogP contribution in [0, 0.1) is 6.92 Å². The van der Waals surface area contributed by atoms with E-state index >= 15 is 0 Å². The van der Waals surface area contributed by atoms with Gasteiger partial charge in [0.15, 0.2) is 10.8 Å². The van der Waals surface area contributed by atoms with E-state index in [-0.39, 0.29) is 5.75 Å². The second-order valence-electron chi connectivity index (χ2n) is 7.70. The maximum Gasteiger partial charge on any atom is 0.189 e. The van der Waals surface area contributed by atoms with Crippen molar-refractivity contribution in [1.82, 2.24) is 19.9 Å². The Hall–Kier alpha value is -3.42. The molecule has 34 heavy (non-hydrogen) atoms. The minimum atomic E-state index is 0.273. The van der Waals surface area contributed by atoms with Crippen LogP contribution >= 0.6 is 23.5 Å². The molecule has 168 valence electrons. The smallest absolute Gasteiger partial charge is 0.189 e. The number of thioether (sulfide) groups is 1. The molecule has 5 nitrogen and oxygen atoms in total. The molecule has 0 amide bonds. The third-order valence-corrected chi connectivity index (χ3v) is 7.14. The van der Waals surface area contributed by atoms with Crippen LogP contribution in [0.1, 0.15) is 12.5 Å². The second-order valence-corrected chi connectivity index (χ2v) is 10.1. The Bertz CT molecular complexity index is 1450. The van der Waals surface area contributed by atoms with Gasteiger partial charge in [-0.25, -0.2) is 19.9 Å². The molecule has 1 N–H and O–H groups in total. The highest BCUT2D eigenvalue weighted by Crippen LogP contribution is 2.35. The van der Waals surface area contributed by atoms with Crippen molar-refractivity contribution in [3.63, 3.8) is 0 Å². The first-order valence-corrected chi connectivity index (χ1v) is 12.7. The van der Waals surface area contributed by atoms with Gasteiger partial charge < -0.3 is 5.11 Å². The molecule has 2 aromatic heterocycles. The van der Waals surface area contributed by atoms with Crippen LogP contribution in [-0.4, -0.2) is 30.8 Å². The topological polar surface area (TPSA) is 71.8 Å². The SMILES string of the molecule is CCSc1ncc2c(-c3cc(Sc4ccc(-c5ccc(O)cc5)cc4)ccc3C)ncnc2n1. The quantitative estimate of drug-likeness (QED) is 0.206.